The van der Waals surface area contributed by atoms with Crippen LogP contribution >= 0.6 is 0 Å². The van der Waals surface area contributed by atoms with E-state index in [1.165, 1.54) is 7.11 Å². The SMILES string of the molecule is COc1ccccc1C(=O)N[C@H](C(=O)OCC(=O)Nc1ccccc1C)C(C)C. The maximum absolute atomic E-state index is 12.6. The molecule has 2 N–H and O–H groups in total. The molecule has 0 aromatic heterocycles. The molecule has 0 aliphatic carbocycles. The summed E-state index contributed by atoms with van der Waals surface area (Å²) in [5, 5.41) is 5.36. The number of anilines is 1. The fraction of sp³-hybridized carbons (Fsp3) is 0.318. The van der Waals surface area contributed by atoms with Gasteiger partial charge in [0.25, 0.3) is 11.8 Å². The Morgan fingerprint density at radius 3 is 2.31 bits per heavy atom. The minimum atomic E-state index is -0.904. The van der Waals surface area contributed by atoms with Crippen LogP contribution in [0.25, 0.3) is 0 Å². The molecule has 7 heteroatoms. The average molecular weight is 398 g/mol. The summed E-state index contributed by atoms with van der Waals surface area (Å²) in [5.74, 6) is -1.42. The van der Waals surface area contributed by atoms with Crippen LogP contribution in [-0.2, 0) is 14.3 Å². The summed E-state index contributed by atoms with van der Waals surface area (Å²) < 4.78 is 10.3. The first-order valence-corrected chi connectivity index (χ1v) is 9.29. The number of methoxy groups -OCH3 is 1. The molecule has 0 saturated heterocycles. The van der Waals surface area contributed by atoms with Gasteiger partial charge in [-0.3, -0.25) is 9.59 Å². The highest BCUT2D eigenvalue weighted by Gasteiger charge is 2.27. The van der Waals surface area contributed by atoms with Gasteiger partial charge in [-0.25, -0.2) is 4.79 Å². The highest BCUT2D eigenvalue weighted by Crippen LogP contribution is 2.18. The zero-order valence-corrected chi connectivity index (χ0v) is 17.0. The van der Waals surface area contributed by atoms with Crippen LogP contribution in [0.1, 0.15) is 29.8 Å². The van der Waals surface area contributed by atoms with Gasteiger partial charge in [0.1, 0.15) is 11.8 Å². The number of amides is 2. The van der Waals surface area contributed by atoms with E-state index in [2.05, 4.69) is 10.6 Å². The first-order valence-electron chi connectivity index (χ1n) is 9.29. The van der Waals surface area contributed by atoms with Crippen molar-refractivity contribution >= 4 is 23.5 Å². The molecule has 29 heavy (non-hydrogen) atoms. The van der Waals surface area contributed by atoms with E-state index in [0.29, 0.717) is 17.0 Å². The predicted molar refractivity (Wildman–Crippen MR) is 110 cm³/mol. The third-order valence-corrected chi connectivity index (χ3v) is 4.32. The number of hydrogen-bond acceptors (Lipinski definition) is 5. The Balaban J connectivity index is 1.97. The van der Waals surface area contributed by atoms with Gasteiger partial charge in [-0.1, -0.05) is 44.2 Å². The van der Waals surface area contributed by atoms with E-state index in [1.807, 2.05) is 19.1 Å². The molecule has 154 valence electrons. The molecule has 2 aromatic carbocycles. The van der Waals surface area contributed by atoms with Gasteiger partial charge in [-0.15, -0.1) is 0 Å². The summed E-state index contributed by atoms with van der Waals surface area (Å²) in [6.45, 7) is 4.98. The molecule has 0 aliphatic heterocycles. The molecule has 0 unspecified atom stereocenters. The van der Waals surface area contributed by atoms with Crippen LogP contribution in [0.15, 0.2) is 48.5 Å². The van der Waals surface area contributed by atoms with E-state index in [1.54, 1.807) is 50.2 Å². The number of benzene rings is 2. The lowest BCUT2D eigenvalue weighted by Gasteiger charge is -2.21. The summed E-state index contributed by atoms with van der Waals surface area (Å²) in [4.78, 5) is 37.2. The summed E-state index contributed by atoms with van der Waals surface area (Å²) in [6.07, 6.45) is 0. The van der Waals surface area contributed by atoms with Gasteiger partial charge in [0, 0.05) is 5.69 Å². The van der Waals surface area contributed by atoms with Crippen molar-refractivity contribution in [1.29, 1.82) is 0 Å². The van der Waals surface area contributed by atoms with Crippen molar-refractivity contribution in [3.05, 3.63) is 59.7 Å². The van der Waals surface area contributed by atoms with Gasteiger partial charge in [0.05, 0.1) is 12.7 Å². The Labute approximate surface area is 170 Å². The number of ether oxygens (including phenoxy) is 2. The predicted octanol–water partition coefficient (Wildman–Crippen LogP) is 2.94. The number of hydrogen-bond donors (Lipinski definition) is 2. The van der Waals surface area contributed by atoms with Crippen molar-refractivity contribution in [2.24, 2.45) is 5.92 Å². The van der Waals surface area contributed by atoms with Crippen LogP contribution in [0.4, 0.5) is 5.69 Å². The second-order valence-corrected chi connectivity index (χ2v) is 6.87. The van der Waals surface area contributed by atoms with Crippen molar-refractivity contribution in [2.75, 3.05) is 19.0 Å². The highest BCUT2D eigenvalue weighted by molar-refractivity contribution is 5.99. The Kier molecular flexibility index (Phi) is 7.77. The van der Waals surface area contributed by atoms with Gasteiger partial charge >= 0.3 is 5.97 Å². The number of carbonyl (C=O) groups excluding carboxylic acids is 3. The second-order valence-electron chi connectivity index (χ2n) is 6.87. The Morgan fingerprint density at radius 2 is 1.66 bits per heavy atom. The Bertz CT molecular complexity index is 879. The molecule has 0 bridgehead atoms. The van der Waals surface area contributed by atoms with Crippen molar-refractivity contribution < 1.29 is 23.9 Å². The summed E-state index contributed by atoms with van der Waals surface area (Å²) in [6, 6.07) is 13.1. The molecule has 2 amide bonds. The fourth-order valence-electron chi connectivity index (χ4n) is 2.67. The standard InChI is InChI=1S/C22H26N2O5/c1-14(2)20(24-21(26)16-10-6-8-12-18(16)28-4)22(27)29-13-19(25)23-17-11-7-5-9-15(17)3/h5-12,14,20H,13H2,1-4H3,(H,23,25)(H,24,26)/t20-/m0/s1. The third-order valence-electron chi connectivity index (χ3n) is 4.32. The zero-order chi connectivity index (χ0) is 21.4. The van der Waals surface area contributed by atoms with E-state index in [0.717, 1.165) is 5.56 Å². The largest absolute Gasteiger partial charge is 0.496 e. The number of aryl methyl sites for hydroxylation is 1. The van der Waals surface area contributed by atoms with Crippen molar-refractivity contribution in [3.63, 3.8) is 0 Å². The van der Waals surface area contributed by atoms with E-state index in [4.69, 9.17) is 9.47 Å². The second kappa shape index (κ2) is 10.3. The van der Waals surface area contributed by atoms with E-state index in [9.17, 15) is 14.4 Å². The molecular formula is C22H26N2O5. The van der Waals surface area contributed by atoms with E-state index >= 15 is 0 Å². The molecule has 0 radical (unpaired) electrons. The first-order chi connectivity index (χ1) is 13.8. The van der Waals surface area contributed by atoms with E-state index < -0.39 is 30.4 Å². The normalized spacial score (nSPS) is 11.5. The van der Waals surface area contributed by atoms with Crippen LogP contribution in [0.5, 0.6) is 5.75 Å². The lowest BCUT2D eigenvalue weighted by atomic mass is 10.0. The van der Waals surface area contributed by atoms with Gasteiger partial charge in [-0.2, -0.15) is 0 Å². The molecule has 0 spiro atoms. The number of esters is 1. The summed E-state index contributed by atoms with van der Waals surface area (Å²) >= 11 is 0. The number of nitrogens with one attached hydrogen (secondary N) is 2. The van der Waals surface area contributed by atoms with Crippen molar-refractivity contribution in [2.45, 2.75) is 26.8 Å². The quantitative estimate of drug-likeness (QED) is 0.667. The molecule has 0 saturated carbocycles. The summed E-state index contributed by atoms with van der Waals surface area (Å²) in [7, 11) is 1.47. The molecule has 2 aromatic rings. The van der Waals surface area contributed by atoms with E-state index in [-0.39, 0.29) is 5.92 Å². The van der Waals surface area contributed by atoms with Gasteiger partial charge in [-0.05, 0) is 36.6 Å². The lowest BCUT2D eigenvalue weighted by Crippen LogP contribution is -2.46. The molecule has 0 fully saturated rings. The highest BCUT2D eigenvalue weighted by atomic mass is 16.5. The van der Waals surface area contributed by atoms with Crippen LogP contribution in [0.2, 0.25) is 0 Å². The molecule has 7 nitrogen and oxygen atoms in total. The smallest absolute Gasteiger partial charge is 0.329 e. The molecule has 1 atom stereocenters. The minimum absolute atomic E-state index is 0.236. The zero-order valence-electron chi connectivity index (χ0n) is 17.0. The third kappa shape index (κ3) is 6.07. The van der Waals surface area contributed by atoms with Crippen LogP contribution in [-0.4, -0.2) is 37.5 Å². The fourth-order valence-corrected chi connectivity index (χ4v) is 2.67. The molecule has 2 rings (SSSR count). The number of para-hydroxylation sites is 2. The first kappa shape index (κ1) is 21.9. The molecule has 0 heterocycles. The number of rotatable bonds is 8. The van der Waals surface area contributed by atoms with Gasteiger partial charge < -0.3 is 20.1 Å². The topological polar surface area (TPSA) is 93.7 Å². The lowest BCUT2D eigenvalue weighted by molar-refractivity contribution is -0.150. The Hall–Kier alpha value is -3.35. The molecular weight excluding hydrogens is 372 g/mol. The monoisotopic (exact) mass is 398 g/mol. The van der Waals surface area contributed by atoms with Crippen LogP contribution in [0.3, 0.4) is 0 Å². The minimum Gasteiger partial charge on any atom is -0.496 e. The summed E-state index contributed by atoms with van der Waals surface area (Å²) in [5.41, 5.74) is 1.86. The van der Waals surface area contributed by atoms with Gasteiger partial charge in [0.2, 0.25) is 0 Å². The van der Waals surface area contributed by atoms with Crippen molar-refractivity contribution in [3.8, 4) is 5.75 Å². The van der Waals surface area contributed by atoms with Crippen LogP contribution in [0, 0.1) is 12.8 Å². The maximum atomic E-state index is 12.6. The maximum Gasteiger partial charge on any atom is 0.329 e. The number of carbonyl (C=O) groups is 3. The van der Waals surface area contributed by atoms with Gasteiger partial charge in [0.15, 0.2) is 6.61 Å². The van der Waals surface area contributed by atoms with Crippen molar-refractivity contribution in [1.82, 2.24) is 5.32 Å². The molecule has 0 aliphatic rings. The van der Waals surface area contributed by atoms with Crippen LogP contribution < -0.4 is 15.4 Å². The average Bonchev–Trinajstić information content (AvgIpc) is 2.71. The Morgan fingerprint density at radius 1 is 1.00 bits per heavy atom.